The van der Waals surface area contributed by atoms with E-state index in [1.807, 2.05) is 57.3 Å². The number of sulfonamides is 1. The van der Waals surface area contributed by atoms with Crippen LogP contribution in [0.15, 0.2) is 90.3 Å². The summed E-state index contributed by atoms with van der Waals surface area (Å²) < 4.78 is 35.3. The molecule has 0 spiro atoms. The number of hydrogen-bond donors (Lipinski definition) is 3. The summed E-state index contributed by atoms with van der Waals surface area (Å²) in [7, 11) is -3.89. The van der Waals surface area contributed by atoms with Crippen LogP contribution in [-0.4, -0.2) is 57.4 Å². The van der Waals surface area contributed by atoms with Gasteiger partial charge in [-0.1, -0.05) is 18.2 Å². The summed E-state index contributed by atoms with van der Waals surface area (Å²) in [5, 5.41) is 15.8. The molecule has 0 amide bonds. The zero-order valence-corrected chi connectivity index (χ0v) is 25.8. The molecule has 0 radical (unpaired) electrons. The normalized spacial score (nSPS) is 11.7. The number of carbonyl (C=O) groups excluding carboxylic acids is 1. The topological polar surface area (TPSA) is 165 Å². The SMILES string of the molecule is CC(=O)OC(C)(C)C.Cl.O=C(O)CNc1cccc(C(Cc2ccc(-n3cccn3)cc2)NS(=O)(=O)c2cccnc2)n1. The molecule has 43 heavy (non-hydrogen) atoms. The number of aromatic nitrogens is 4. The number of rotatable bonds is 10. The van der Waals surface area contributed by atoms with Gasteiger partial charge in [0.15, 0.2) is 0 Å². The minimum Gasteiger partial charge on any atom is -0.480 e. The van der Waals surface area contributed by atoms with Gasteiger partial charge >= 0.3 is 11.9 Å². The first-order valence-corrected chi connectivity index (χ1v) is 14.4. The molecule has 12 nitrogen and oxygen atoms in total. The van der Waals surface area contributed by atoms with Crippen LogP contribution in [0.2, 0.25) is 0 Å². The van der Waals surface area contributed by atoms with Gasteiger partial charge in [-0.05, 0) is 75.2 Å². The fraction of sp³-hybridized carbons (Fsp3) is 0.276. The molecule has 1 aromatic carbocycles. The van der Waals surface area contributed by atoms with E-state index < -0.39 is 22.0 Å². The van der Waals surface area contributed by atoms with Crippen LogP contribution in [-0.2, 0) is 30.8 Å². The third-order valence-corrected chi connectivity index (χ3v) is 6.84. The Morgan fingerprint density at radius 2 is 1.74 bits per heavy atom. The van der Waals surface area contributed by atoms with Crippen molar-refractivity contribution < 1.29 is 27.9 Å². The van der Waals surface area contributed by atoms with Gasteiger partial charge in [-0.25, -0.2) is 22.8 Å². The number of hydrogen-bond acceptors (Lipinski definition) is 9. The lowest BCUT2D eigenvalue weighted by Gasteiger charge is -2.19. The summed E-state index contributed by atoms with van der Waals surface area (Å²) in [5.41, 5.74) is 1.87. The van der Waals surface area contributed by atoms with Crippen LogP contribution in [0.25, 0.3) is 5.69 Å². The second-order valence-corrected chi connectivity index (χ2v) is 11.8. The number of benzene rings is 1. The molecule has 14 heteroatoms. The number of esters is 1. The lowest BCUT2D eigenvalue weighted by Crippen LogP contribution is -2.31. The first kappa shape index (κ1) is 34.9. The van der Waals surface area contributed by atoms with Crippen molar-refractivity contribution in [1.82, 2.24) is 24.5 Å². The maximum absolute atomic E-state index is 13.0. The fourth-order valence-electron chi connectivity index (χ4n) is 3.75. The summed E-state index contributed by atoms with van der Waals surface area (Å²) in [4.78, 5) is 29.5. The number of carbonyl (C=O) groups is 2. The molecule has 0 aliphatic rings. The minimum atomic E-state index is -3.89. The number of carboxylic acids is 1. The van der Waals surface area contributed by atoms with E-state index in [-0.39, 0.29) is 35.4 Å². The number of aliphatic carboxylic acids is 1. The van der Waals surface area contributed by atoms with E-state index in [1.54, 1.807) is 35.1 Å². The molecule has 4 aromatic rings. The predicted octanol–water partition coefficient (Wildman–Crippen LogP) is 4.19. The predicted molar refractivity (Wildman–Crippen MR) is 164 cm³/mol. The number of halogens is 1. The second kappa shape index (κ2) is 15.8. The summed E-state index contributed by atoms with van der Waals surface area (Å²) >= 11 is 0. The smallest absolute Gasteiger partial charge is 0.322 e. The van der Waals surface area contributed by atoms with Gasteiger partial charge in [0, 0.05) is 31.7 Å². The van der Waals surface area contributed by atoms with Crippen LogP contribution >= 0.6 is 12.4 Å². The van der Waals surface area contributed by atoms with Crippen molar-refractivity contribution in [3.63, 3.8) is 0 Å². The van der Waals surface area contributed by atoms with Gasteiger partial charge in [0.2, 0.25) is 10.0 Å². The number of ether oxygens (including phenoxy) is 1. The second-order valence-electron chi connectivity index (χ2n) is 10.1. The van der Waals surface area contributed by atoms with Crippen molar-refractivity contribution in [2.24, 2.45) is 0 Å². The highest BCUT2D eigenvalue weighted by atomic mass is 35.5. The standard InChI is InChI=1S/C23H22N6O4S.C6H12O2.ClH/c30-23(31)16-25-22-6-1-5-20(27-22)21(28-34(32,33)19-4-2-11-24-15-19)14-17-7-9-18(10-8-17)29-13-3-12-26-29;1-5(7)8-6(2,3)4;/h1-13,15,21,28H,14,16H2,(H,25,27)(H,30,31);1-4H3;1H. The Morgan fingerprint density at radius 3 is 2.28 bits per heavy atom. The Bertz CT molecular complexity index is 1560. The van der Waals surface area contributed by atoms with E-state index in [1.165, 1.54) is 25.4 Å². The number of nitrogens with one attached hydrogen (secondary N) is 2. The third kappa shape index (κ3) is 11.8. The zero-order valence-electron chi connectivity index (χ0n) is 24.2. The van der Waals surface area contributed by atoms with Crippen molar-refractivity contribution in [1.29, 1.82) is 0 Å². The quantitative estimate of drug-likeness (QED) is 0.216. The van der Waals surface area contributed by atoms with Crippen LogP contribution in [0.3, 0.4) is 0 Å². The Balaban J connectivity index is 0.000000632. The Kier molecular flexibility index (Phi) is 12.8. The highest BCUT2D eigenvalue weighted by Gasteiger charge is 2.23. The van der Waals surface area contributed by atoms with Crippen LogP contribution in [0.1, 0.15) is 45.0 Å². The largest absolute Gasteiger partial charge is 0.480 e. The van der Waals surface area contributed by atoms with Gasteiger partial charge in [0.05, 0.1) is 17.4 Å². The van der Waals surface area contributed by atoms with E-state index in [0.29, 0.717) is 17.9 Å². The van der Waals surface area contributed by atoms with Crippen molar-refractivity contribution in [2.45, 2.75) is 50.7 Å². The summed E-state index contributed by atoms with van der Waals surface area (Å²) in [6.07, 6.45) is 6.61. The van der Waals surface area contributed by atoms with Gasteiger partial charge in [0.1, 0.15) is 22.9 Å². The Labute approximate surface area is 257 Å². The van der Waals surface area contributed by atoms with Crippen molar-refractivity contribution in [3.8, 4) is 5.69 Å². The van der Waals surface area contributed by atoms with Gasteiger partial charge in [-0.3, -0.25) is 14.6 Å². The summed E-state index contributed by atoms with van der Waals surface area (Å²) in [6.45, 7) is 6.62. The lowest BCUT2D eigenvalue weighted by molar-refractivity contribution is -0.151. The molecule has 1 atom stereocenters. The number of pyridine rings is 2. The molecule has 0 aliphatic heterocycles. The van der Waals surface area contributed by atoms with Crippen molar-refractivity contribution in [3.05, 3.63) is 96.7 Å². The maximum atomic E-state index is 13.0. The Hall–Kier alpha value is -4.33. The fourth-order valence-corrected chi connectivity index (χ4v) is 4.92. The van der Waals surface area contributed by atoms with Crippen LogP contribution in [0, 0.1) is 0 Å². The molecule has 0 bridgehead atoms. The van der Waals surface area contributed by atoms with Crippen LogP contribution in [0.4, 0.5) is 5.82 Å². The van der Waals surface area contributed by atoms with Gasteiger partial charge in [-0.2, -0.15) is 5.10 Å². The molecular weight excluding hydrogens is 596 g/mol. The first-order chi connectivity index (χ1) is 19.8. The number of carboxylic acid groups (broad SMARTS) is 1. The highest BCUT2D eigenvalue weighted by molar-refractivity contribution is 7.89. The number of anilines is 1. The summed E-state index contributed by atoms with van der Waals surface area (Å²) in [6, 6.07) is 16.7. The Morgan fingerprint density at radius 1 is 1.02 bits per heavy atom. The molecule has 230 valence electrons. The highest BCUT2D eigenvalue weighted by Crippen LogP contribution is 2.22. The van der Waals surface area contributed by atoms with Gasteiger partial charge < -0.3 is 15.2 Å². The monoisotopic (exact) mass is 630 g/mol. The van der Waals surface area contributed by atoms with E-state index in [4.69, 9.17) is 9.84 Å². The van der Waals surface area contributed by atoms with Crippen molar-refractivity contribution in [2.75, 3.05) is 11.9 Å². The van der Waals surface area contributed by atoms with E-state index in [9.17, 15) is 18.0 Å². The van der Waals surface area contributed by atoms with E-state index >= 15 is 0 Å². The van der Waals surface area contributed by atoms with Crippen LogP contribution in [0.5, 0.6) is 0 Å². The van der Waals surface area contributed by atoms with Crippen molar-refractivity contribution >= 4 is 40.2 Å². The molecule has 3 N–H and O–H groups in total. The lowest BCUT2D eigenvalue weighted by atomic mass is 10.0. The average molecular weight is 631 g/mol. The zero-order chi connectivity index (χ0) is 30.8. The number of nitrogens with zero attached hydrogens (tertiary/aromatic N) is 4. The first-order valence-electron chi connectivity index (χ1n) is 13.0. The third-order valence-electron chi connectivity index (χ3n) is 5.39. The molecule has 0 saturated heterocycles. The molecular formula is C29H35ClN6O6S. The van der Waals surface area contributed by atoms with E-state index in [2.05, 4.69) is 25.1 Å². The van der Waals surface area contributed by atoms with Crippen LogP contribution < -0.4 is 10.0 Å². The molecule has 1 unspecified atom stereocenters. The maximum Gasteiger partial charge on any atom is 0.322 e. The van der Waals surface area contributed by atoms with Gasteiger partial charge in [0.25, 0.3) is 0 Å². The molecule has 3 aromatic heterocycles. The van der Waals surface area contributed by atoms with E-state index in [0.717, 1.165) is 11.3 Å². The molecule has 3 heterocycles. The molecule has 4 rings (SSSR count). The molecule has 0 saturated carbocycles. The van der Waals surface area contributed by atoms with Gasteiger partial charge in [-0.15, -0.1) is 12.4 Å². The minimum absolute atomic E-state index is 0. The molecule has 0 fully saturated rings. The summed E-state index contributed by atoms with van der Waals surface area (Å²) in [5.74, 6) is -0.921. The average Bonchev–Trinajstić information content (AvgIpc) is 3.47. The molecule has 0 aliphatic carbocycles.